The maximum Gasteiger partial charge on any atom is 0.338 e. The third-order valence-electron chi connectivity index (χ3n) is 4.71. The van der Waals surface area contributed by atoms with Gasteiger partial charge in [0.1, 0.15) is 12.4 Å². The van der Waals surface area contributed by atoms with Gasteiger partial charge in [0.2, 0.25) is 0 Å². The zero-order chi connectivity index (χ0) is 22.4. The molecular weight excluding hydrogens is 403 g/mol. The molecule has 2 aromatic rings. The summed E-state index contributed by atoms with van der Waals surface area (Å²) in [6, 6.07) is 10.3. The minimum atomic E-state index is -0.715. The molecule has 1 atom stereocenters. The van der Waals surface area contributed by atoms with E-state index in [1.54, 1.807) is 50.2 Å². The Bertz CT molecular complexity index is 1010. The van der Waals surface area contributed by atoms with Crippen LogP contribution in [0.15, 0.2) is 53.7 Å². The van der Waals surface area contributed by atoms with Crippen molar-refractivity contribution in [3.05, 3.63) is 70.7 Å². The molecule has 1 aliphatic heterocycles. The van der Waals surface area contributed by atoms with Crippen LogP contribution in [0.3, 0.4) is 0 Å². The number of halogens is 1. The number of carbonyl (C=O) groups is 2. The van der Waals surface area contributed by atoms with E-state index in [9.17, 15) is 14.0 Å². The second-order valence-electron chi connectivity index (χ2n) is 6.81. The Kier molecular flexibility index (Phi) is 7.12. The number of hydrogen-bond acceptors (Lipinski definition) is 5. The smallest absolute Gasteiger partial charge is 0.338 e. The molecule has 0 bridgehead atoms. The molecular formula is C23H25FN2O5. The fraction of sp³-hybridized carbons (Fsp3) is 0.304. The summed E-state index contributed by atoms with van der Waals surface area (Å²) in [6.07, 6.45) is 0. The highest BCUT2D eigenvalue weighted by Crippen LogP contribution is 2.35. The van der Waals surface area contributed by atoms with E-state index in [-0.39, 0.29) is 19.0 Å². The summed E-state index contributed by atoms with van der Waals surface area (Å²) in [5.74, 6) is -0.0259. The normalized spacial score (nSPS) is 15.7. The van der Waals surface area contributed by atoms with Gasteiger partial charge in [-0.15, -0.1) is 0 Å². The van der Waals surface area contributed by atoms with Gasteiger partial charge in [-0.1, -0.05) is 24.3 Å². The van der Waals surface area contributed by atoms with Gasteiger partial charge < -0.3 is 24.8 Å². The second kappa shape index (κ2) is 9.97. The largest absolute Gasteiger partial charge is 0.490 e. The lowest BCUT2D eigenvalue weighted by Crippen LogP contribution is -2.45. The molecule has 2 amide bonds. The van der Waals surface area contributed by atoms with Crippen LogP contribution in [0.4, 0.5) is 9.18 Å². The molecule has 0 aliphatic carbocycles. The molecule has 1 aliphatic rings. The number of ether oxygens (including phenoxy) is 3. The van der Waals surface area contributed by atoms with Crippen LogP contribution in [0.25, 0.3) is 0 Å². The van der Waals surface area contributed by atoms with E-state index < -0.39 is 18.0 Å². The van der Waals surface area contributed by atoms with Gasteiger partial charge in [0.15, 0.2) is 11.5 Å². The summed E-state index contributed by atoms with van der Waals surface area (Å²) in [6.45, 7) is 5.80. The van der Waals surface area contributed by atoms with Crippen LogP contribution in [0.1, 0.15) is 37.9 Å². The summed E-state index contributed by atoms with van der Waals surface area (Å²) in [5.41, 5.74) is 1.77. The highest BCUT2D eigenvalue weighted by Gasteiger charge is 2.32. The Balaban J connectivity index is 1.91. The molecule has 31 heavy (non-hydrogen) atoms. The number of carbonyl (C=O) groups excluding carboxylic acids is 2. The van der Waals surface area contributed by atoms with E-state index in [1.807, 2.05) is 6.92 Å². The zero-order valence-corrected chi connectivity index (χ0v) is 17.7. The summed E-state index contributed by atoms with van der Waals surface area (Å²) >= 11 is 0. The van der Waals surface area contributed by atoms with E-state index in [0.29, 0.717) is 40.5 Å². The van der Waals surface area contributed by atoms with Crippen molar-refractivity contribution in [2.75, 3.05) is 13.2 Å². The van der Waals surface area contributed by atoms with Crippen LogP contribution < -0.4 is 20.1 Å². The summed E-state index contributed by atoms with van der Waals surface area (Å²) < 4.78 is 30.5. The lowest BCUT2D eigenvalue weighted by Gasteiger charge is -2.28. The molecule has 1 unspecified atom stereocenters. The topological polar surface area (TPSA) is 85.9 Å². The summed E-state index contributed by atoms with van der Waals surface area (Å²) in [7, 11) is 0. The van der Waals surface area contributed by atoms with Crippen molar-refractivity contribution >= 4 is 12.0 Å². The number of esters is 1. The molecule has 164 valence electrons. The maximum absolute atomic E-state index is 13.9. The molecule has 1 heterocycles. The molecule has 0 saturated carbocycles. The minimum Gasteiger partial charge on any atom is -0.490 e. The predicted molar refractivity (Wildman–Crippen MR) is 112 cm³/mol. The molecule has 2 N–H and O–H groups in total. The first-order valence-corrected chi connectivity index (χ1v) is 10.0. The monoisotopic (exact) mass is 428 g/mol. The highest BCUT2D eigenvalue weighted by atomic mass is 19.1. The number of benzene rings is 2. The van der Waals surface area contributed by atoms with Crippen molar-refractivity contribution in [3.63, 3.8) is 0 Å². The van der Waals surface area contributed by atoms with Gasteiger partial charge in [-0.2, -0.15) is 0 Å². The number of amides is 2. The molecule has 0 spiro atoms. The lowest BCUT2D eigenvalue weighted by molar-refractivity contribution is -0.139. The lowest BCUT2D eigenvalue weighted by atomic mass is 9.95. The third kappa shape index (κ3) is 5.14. The average molecular weight is 428 g/mol. The molecule has 3 rings (SSSR count). The number of allylic oxidation sites excluding steroid dienone is 1. The van der Waals surface area contributed by atoms with Crippen molar-refractivity contribution in [1.29, 1.82) is 0 Å². The Morgan fingerprint density at radius 2 is 1.84 bits per heavy atom. The van der Waals surface area contributed by atoms with E-state index in [1.165, 1.54) is 6.07 Å². The van der Waals surface area contributed by atoms with Crippen molar-refractivity contribution in [1.82, 2.24) is 10.6 Å². The van der Waals surface area contributed by atoms with Crippen molar-refractivity contribution in [3.8, 4) is 11.5 Å². The number of urea groups is 1. The first kappa shape index (κ1) is 22.1. The molecule has 8 heteroatoms. The molecule has 0 radical (unpaired) electrons. The summed E-state index contributed by atoms with van der Waals surface area (Å²) in [5, 5.41) is 5.35. The maximum atomic E-state index is 13.9. The Hall–Kier alpha value is -3.55. The Morgan fingerprint density at radius 3 is 2.55 bits per heavy atom. The van der Waals surface area contributed by atoms with Gasteiger partial charge >= 0.3 is 12.0 Å². The predicted octanol–water partition coefficient (Wildman–Crippen LogP) is 3.99. The summed E-state index contributed by atoms with van der Waals surface area (Å²) in [4.78, 5) is 24.6. The SMILES string of the molecule is CCOC(=O)C1=C(C)NC(=O)NC1c1ccc(OCc2ccccc2F)c(OCC)c1. The van der Waals surface area contributed by atoms with E-state index in [0.717, 1.165) is 0 Å². The van der Waals surface area contributed by atoms with Crippen molar-refractivity contribution < 1.29 is 28.2 Å². The minimum absolute atomic E-state index is 0.0310. The second-order valence-corrected chi connectivity index (χ2v) is 6.81. The fourth-order valence-electron chi connectivity index (χ4n) is 3.29. The number of nitrogens with one attached hydrogen (secondary N) is 2. The first-order chi connectivity index (χ1) is 14.9. The van der Waals surface area contributed by atoms with Gasteiger partial charge in [-0.3, -0.25) is 0 Å². The molecule has 2 aromatic carbocycles. The zero-order valence-electron chi connectivity index (χ0n) is 17.7. The van der Waals surface area contributed by atoms with Crippen molar-refractivity contribution in [2.24, 2.45) is 0 Å². The number of hydrogen-bond donors (Lipinski definition) is 2. The van der Waals surface area contributed by atoms with Gasteiger partial charge in [0.05, 0.1) is 24.8 Å². The molecule has 7 nitrogen and oxygen atoms in total. The standard InChI is InChI=1S/C23H25FN2O5/c1-4-29-19-12-15(10-11-18(19)31-13-16-8-6-7-9-17(16)24)21-20(22(27)30-5-2)14(3)25-23(28)26-21/h6-12,21H,4-5,13H2,1-3H3,(H2,25,26,28). The Labute approximate surface area is 180 Å². The first-order valence-electron chi connectivity index (χ1n) is 10.0. The highest BCUT2D eigenvalue weighted by molar-refractivity contribution is 5.95. The van der Waals surface area contributed by atoms with Crippen LogP contribution in [0.2, 0.25) is 0 Å². The average Bonchev–Trinajstić information content (AvgIpc) is 2.73. The Morgan fingerprint density at radius 1 is 1.06 bits per heavy atom. The van der Waals surface area contributed by atoms with Crippen LogP contribution in [-0.2, 0) is 16.1 Å². The third-order valence-corrected chi connectivity index (χ3v) is 4.71. The van der Waals surface area contributed by atoms with E-state index in [2.05, 4.69) is 10.6 Å². The van der Waals surface area contributed by atoms with Crippen LogP contribution in [-0.4, -0.2) is 25.2 Å². The van der Waals surface area contributed by atoms with Crippen molar-refractivity contribution in [2.45, 2.75) is 33.4 Å². The van der Waals surface area contributed by atoms with Crippen LogP contribution in [0, 0.1) is 5.82 Å². The van der Waals surface area contributed by atoms with Crippen LogP contribution >= 0.6 is 0 Å². The van der Waals surface area contributed by atoms with Gasteiger partial charge in [-0.05, 0) is 44.5 Å². The van der Waals surface area contributed by atoms with Gasteiger partial charge in [-0.25, -0.2) is 14.0 Å². The number of rotatable bonds is 8. The van der Waals surface area contributed by atoms with Gasteiger partial charge in [0, 0.05) is 11.3 Å². The molecule has 0 aromatic heterocycles. The quantitative estimate of drug-likeness (QED) is 0.621. The fourth-order valence-corrected chi connectivity index (χ4v) is 3.29. The van der Waals surface area contributed by atoms with E-state index in [4.69, 9.17) is 14.2 Å². The molecule has 0 saturated heterocycles. The van der Waals surface area contributed by atoms with Crippen LogP contribution in [0.5, 0.6) is 11.5 Å². The molecule has 0 fully saturated rings. The van der Waals surface area contributed by atoms with Gasteiger partial charge in [0.25, 0.3) is 0 Å². The van der Waals surface area contributed by atoms with E-state index >= 15 is 0 Å².